The van der Waals surface area contributed by atoms with Gasteiger partial charge in [-0.2, -0.15) is 0 Å². The number of hydrogen-bond acceptors (Lipinski definition) is 1. The first-order chi connectivity index (χ1) is 7.86. The van der Waals surface area contributed by atoms with Gasteiger partial charge in [-0.05, 0) is 24.0 Å². The summed E-state index contributed by atoms with van der Waals surface area (Å²) in [4.78, 5) is 0. The number of rotatable bonds is 4. The number of aryl methyl sites for hydroxylation is 1. The fourth-order valence-electron chi connectivity index (χ4n) is 1.79. The lowest BCUT2D eigenvalue weighted by Crippen LogP contribution is -1.99. The van der Waals surface area contributed by atoms with E-state index in [-0.39, 0.29) is 6.10 Å². The van der Waals surface area contributed by atoms with E-state index in [4.69, 9.17) is 0 Å². The van der Waals surface area contributed by atoms with E-state index in [1.165, 1.54) is 5.56 Å². The minimum absolute atomic E-state index is 0.360. The molecule has 1 heteroatoms. The van der Waals surface area contributed by atoms with Crippen LogP contribution in [0, 0.1) is 0 Å². The van der Waals surface area contributed by atoms with Crippen molar-refractivity contribution in [2.24, 2.45) is 0 Å². The van der Waals surface area contributed by atoms with Crippen LogP contribution in [0.3, 0.4) is 0 Å². The van der Waals surface area contributed by atoms with Gasteiger partial charge in [-0.15, -0.1) is 0 Å². The van der Waals surface area contributed by atoms with Crippen LogP contribution in [0.25, 0.3) is 0 Å². The van der Waals surface area contributed by atoms with Crippen LogP contribution in [0.4, 0.5) is 0 Å². The van der Waals surface area contributed by atoms with Crippen LogP contribution in [0.1, 0.15) is 23.7 Å². The van der Waals surface area contributed by atoms with Crippen LogP contribution in [0.2, 0.25) is 0 Å². The third-order valence-corrected chi connectivity index (χ3v) is 2.73. The Labute approximate surface area is 96.4 Å². The second-order valence-electron chi connectivity index (χ2n) is 3.95. The SMILES string of the molecule is O[C@H](CCc1ccccc1)c1ccccc1. The van der Waals surface area contributed by atoms with E-state index < -0.39 is 0 Å². The molecule has 0 spiro atoms. The molecule has 0 saturated carbocycles. The Morgan fingerprint density at radius 3 is 2.00 bits per heavy atom. The molecule has 1 nitrogen and oxygen atoms in total. The third kappa shape index (κ3) is 2.94. The van der Waals surface area contributed by atoms with Gasteiger partial charge in [-0.3, -0.25) is 0 Å². The van der Waals surface area contributed by atoms with Crippen molar-refractivity contribution in [2.75, 3.05) is 0 Å². The van der Waals surface area contributed by atoms with Gasteiger partial charge in [0.05, 0.1) is 6.10 Å². The molecule has 0 heterocycles. The molecule has 0 radical (unpaired) electrons. The molecule has 1 N–H and O–H groups in total. The molecule has 0 bridgehead atoms. The average Bonchev–Trinajstić information content (AvgIpc) is 2.38. The first-order valence-electron chi connectivity index (χ1n) is 5.63. The van der Waals surface area contributed by atoms with Gasteiger partial charge in [-0.1, -0.05) is 60.7 Å². The second kappa shape index (κ2) is 5.47. The Bertz CT molecular complexity index is 408. The zero-order valence-electron chi connectivity index (χ0n) is 9.21. The zero-order chi connectivity index (χ0) is 11.2. The quantitative estimate of drug-likeness (QED) is 0.824. The van der Waals surface area contributed by atoms with E-state index in [0.29, 0.717) is 0 Å². The lowest BCUT2D eigenvalue weighted by atomic mass is 10.0. The topological polar surface area (TPSA) is 20.2 Å². The van der Waals surface area contributed by atoms with Crippen LogP contribution < -0.4 is 0 Å². The molecule has 0 saturated heterocycles. The highest BCUT2D eigenvalue weighted by molar-refractivity contribution is 5.19. The van der Waals surface area contributed by atoms with E-state index >= 15 is 0 Å². The minimum atomic E-state index is -0.360. The van der Waals surface area contributed by atoms with Crippen molar-refractivity contribution in [1.82, 2.24) is 0 Å². The van der Waals surface area contributed by atoms with Gasteiger partial charge in [0.15, 0.2) is 0 Å². The summed E-state index contributed by atoms with van der Waals surface area (Å²) in [5.74, 6) is 0. The Kier molecular flexibility index (Phi) is 3.73. The molecule has 0 aromatic heterocycles. The normalized spacial score (nSPS) is 12.3. The number of benzene rings is 2. The molecule has 2 aromatic carbocycles. The molecule has 0 aliphatic carbocycles. The van der Waals surface area contributed by atoms with Crippen molar-refractivity contribution < 1.29 is 5.11 Å². The van der Waals surface area contributed by atoms with E-state index in [1.54, 1.807) is 0 Å². The Morgan fingerprint density at radius 2 is 1.38 bits per heavy atom. The van der Waals surface area contributed by atoms with Crippen molar-refractivity contribution >= 4 is 0 Å². The van der Waals surface area contributed by atoms with Crippen molar-refractivity contribution in [3.63, 3.8) is 0 Å². The molecule has 0 unspecified atom stereocenters. The predicted molar refractivity (Wildman–Crippen MR) is 66.2 cm³/mol. The van der Waals surface area contributed by atoms with Gasteiger partial charge < -0.3 is 5.11 Å². The lowest BCUT2D eigenvalue weighted by molar-refractivity contribution is 0.168. The van der Waals surface area contributed by atoms with Gasteiger partial charge >= 0.3 is 0 Å². The van der Waals surface area contributed by atoms with Crippen LogP contribution in [-0.4, -0.2) is 5.11 Å². The van der Waals surface area contributed by atoms with Gasteiger partial charge in [0.2, 0.25) is 0 Å². The summed E-state index contributed by atoms with van der Waals surface area (Å²) in [5.41, 5.74) is 2.27. The maximum absolute atomic E-state index is 9.98. The highest BCUT2D eigenvalue weighted by Crippen LogP contribution is 2.18. The minimum Gasteiger partial charge on any atom is -0.388 e. The molecule has 0 amide bonds. The summed E-state index contributed by atoms with van der Waals surface area (Å²) in [6.07, 6.45) is 1.33. The van der Waals surface area contributed by atoms with Crippen LogP contribution in [-0.2, 0) is 6.42 Å². The van der Waals surface area contributed by atoms with Gasteiger partial charge in [0.1, 0.15) is 0 Å². The molecule has 2 aromatic rings. The Morgan fingerprint density at radius 1 is 0.812 bits per heavy atom. The largest absolute Gasteiger partial charge is 0.388 e. The molecule has 0 aliphatic rings. The fraction of sp³-hybridized carbons (Fsp3) is 0.200. The second-order valence-corrected chi connectivity index (χ2v) is 3.95. The number of hydrogen-bond donors (Lipinski definition) is 1. The van der Waals surface area contributed by atoms with Crippen molar-refractivity contribution in [1.29, 1.82) is 0 Å². The van der Waals surface area contributed by atoms with E-state index in [1.807, 2.05) is 48.5 Å². The van der Waals surface area contributed by atoms with Crippen LogP contribution in [0.5, 0.6) is 0 Å². The summed E-state index contributed by atoms with van der Waals surface area (Å²) in [7, 11) is 0. The molecule has 0 aliphatic heterocycles. The first-order valence-corrected chi connectivity index (χ1v) is 5.63. The monoisotopic (exact) mass is 212 g/mol. The van der Waals surface area contributed by atoms with Crippen LogP contribution in [0.15, 0.2) is 60.7 Å². The molecular weight excluding hydrogens is 196 g/mol. The summed E-state index contributed by atoms with van der Waals surface area (Å²) in [6.45, 7) is 0. The zero-order valence-corrected chi connectivity index (χ0v) is 9.21. The smallest absolute Gasteiger partial charge is 0.0793 e. The van der Waals surface area contributed by atoms with E-state index in [0.717, 1.165) is 18.4 Å². The van der Waals surface area contributed by atoms with Gasteiger partial charge in [0, 0.05) is 0 Å². The van der Waals surface area contributed by atoms with Crippen LogP contribution >= 0.6 is 0 Å². The maximum atomic E-state index is 9.98. The van der Waals surface area contributed by atoms with E-state index in [9.17, 15) is 5.11 Å². The Hall–Kier alpha value is -1.60. The standard InChI is InChI=1S/C15H16O/c16-15(14-9-5-2-6-10-14)12-11-13-7-3-1-4-8-13/h1-10,15-16H,11-12H2/t15-/m1/s1. The summed E-state index contributed by atoms with van der Waals surface area (Å²) >= 11 is 0. The van der Waals surface area contributed by atoms with Crippen molar-refractivity contribution in [3.8, 4) is 0 Å². The molecule has 2 rings (SSSR count). The molecule has 82 valence electrons. The fourth-order valence-corrected chi connectivity index (χ4v) is 1.79. The lowest BCUT2D eigenvalue weighted by Gasteiger charge is -2.10. The highest BCUT2D eigenvalue weighted by Gasteiger charge is 2.06. The van der Waals surface area contributed by atoms with Crippen molar-refractivity contribution in [2.45, 2.75) is 18.9 Å². The number of aliphatic hydroxyl groups is 1. The molecule has 0 fully saturated rings. The predicted octanol–water partition coefficient (Wildman–Crippen LogP) is 3.35. The van der Waals surface area contributed by atoms with Gasteiger partial charge in [0.25, 0.3) is 0 Å². The van der Waals surface area contributed by atoms with E-state index in [2.05, 4.69) is 12.1 Å². The summed E-state index contributed by atoms with van der Waals surface area (Å²) in [5, 5.41) is 9.98. The summed E-state index contributed by atoms with van der Waals surface area (Å²) < 4.78 is 0. The van der Waals surface area contributed by atoms with Crippen molar-refractivity contribution in [3.05, 3.63) is 71.8 Å². The molecular formula is C15H16O. The number of aliphatic hydroxyl groups excluding tert-OH is 1. The maximum Gasteiger partial charge on any atom is 0.0793 e. The highest BCUT2D eigenvalue weighted by atomic mass is 16.3. The van der Waals surface area contributed by atoms with Gasteiger partial charge in [-0.25, -0.2) is 0 Å². The molecule has 1 atom stereocenters. The third-order valence-electron chi connectivity index (χ3n) is 2.73. The Balaban J connectivity index is 1.92. The average molecular weight is 212 g/mol. The first kappa shape index (κ1) is 10.9. The molecule has 16 heavy (non-hydrogen) atoms. The summed E-state index contributed by atoms with van der Waals surface area (Å²) in [6, 6.07) is 20.1.